The van der Waals surface area contributed by atoms with E-state index in [0.717, 1.165) is 17.7 Å². The van der Waals surface area contributed by atoms with Crippen LogP contribution in [-0.2, 0) is 9.53 Å². The second kappa shape index (κ2) is 8.55. The number of methoxy groups -OCH3 is 2. The molecule has 1 aromatic rings. The minimum atomic E-state index is -0.502. The number of nitrogens with one attached hydrogen (secondary N) is 1. The molecule has 0 spiro atoms. The summed E-state index contributed by atoms with van der Waals surface area (Å²) in [4.78, 5) is 12.0. The minimum absolute atomic E-state index is 0.105. The molecule has 1 amide bonds. The van der Waals surface area contributed by atoms with Gasteiger partial charge >= 0.3 is 0 Å². The summed E-state index contributed by atoms with van der Waals surface area (Å²) < 4.78 is 10.1. The highest BCUT2D eigenvalue weighted by Crippen LogP contribution is 2.18. The summed E-state index contributed by atoms with van der Waals surface area (Å²) in [6.45, 7) is 2.54. The highest BCUT2D eigenvalue weighted by Gasteiger charge is 2.16. The lowest BCUT2D eigenvalue weighted by molar-refractivity contribution is -0.123. The second-order valence-corrected chi connectivity index (χ2v) is 4.75. The average Bonchev–Trinajstić information content (AvgIpc) is 2.47. The van der Waals surface area contributed by atoms with Crippen molar-refractivity contribution in [1.29, 1.82) is 0 Å². The Morgan fingerprint density at radius 2 is 2.15 bits per heavy atom. The van der Waals surface area contributed by atoms with Crippen LogP contribution in [0.5, 0.6) is 5.75 Å². The first-order chi connectivity index (χ1) is 9.58. The summed E-state index contributed by atoms with van der Waals surface area (Å²) in [5, 5.41) is 2.91. The van der Waals surface area contributed by atoms with Crippen LogP contribution in [0.25, 0.3) is 0 Å². The Labute approximate surface area is 120 Å². The monoisotopic (exact) mass is 280 g/mol. The Hall–Kier alpha value is -1.59. The van der Waals surface area contributed by atoms with Gasteiger partial charge in [0.2, 0.25) is 5.91 Å². The fourth-order valence-corrected chi connectivity index (χ4v) is 1.89. The van der Waals surface area contributed by atoms with Crippen molar-refractivity contribution in [3.8, 4) is 5.75 Å². The van der Waals surface area contributed by atoms with E-state index >= 15 is 0 Å². The van der Waals surface area contributed by atoms with Crippen LogP contribution in [0, 0.1) is 0 Å². The standard InChI is InChI=1S/C15H24N2O3/c1-11(12-6-4-7-13(10-12)20-3)17-15(18)14(16)8-5-9-19-2/h4,6-7,10-11,14H,5,8-9,16H2,1-3H3,(H,17,18)/t11-,14?/m0/s1. The zero-order chi connectivity index (χ0) is 15.0. The highest BCUT2D eigenvalue weighted by atomic mass is 16.5. The first-order valence-corrected chi connectivity index (χ1v) is 6.77. The number of ether oxygens (including phenoxy) is 2. The van der Waals surface area contributed by atoms with Gasteiger partial charge in [-0.25, -0.2) is 0 Å². The molecule has 20 heavy (non-hydrogen) atoms. The van der Waals surface area contributed by atoms with Crippen molar-refractivity contribution in [3.05, 3.63) is 29.8 Å². The van der Waals surface area contributed by atoms with Gasteiger partial charge in [0.15, 0.2) is 0 Å². The summed E-state index contributed by atoms with van der Waals surface area (Å²) >= 11 is 0. The fraction of sp³-hybridized carbons (Fsp3) is 0.533. The Balaban J connectivity index is 2.51. The summed E-state index contributed by atoms with van der Waals surface area (Å²) in [5.74, 6) is 0.629. The Morgan fingerprint density at radius 1 is 1.40 bits per heavy atom. The van der Waals surface area contributed by atoms with Crippen molar-refractivity contribution in [2.75, 3.05) is 20.8 Å². The molecule has 0 bridgehead atoms. The molecule has 0 saturated heterocycles. The predicted molar refractivity (Wildman–Crippen MR) is 78.6 cm³/mol. The summed E-state index contributed by atoms with van der Waals surface area (Å²) in [5.41, 5.74) is 6.84. The van der Waals surface area contributed by atoms with Crippen molar-refractivity contribution in [2.24, 2.45) is 5.73 Å². The van der Waals surface area contributed by atoms with E-state index < -0.39 is 6.04 Å². The first-order valence-electron chi connectivity index (χ1n) is 6.77. The normalized spacial score (nSPS) is 13.6. The third kappa shape index (κ3) is 5.19. The molecule has 0 aliphatic rings. The number of carbonyl (C=O) groups excluding carboxylic acids is 1. The minimum Gasteiger partial charge on any atom is -0.497 e. The van der Waals surface area contributed by atoms with Gasteiger partial charge < -0.3 is 20.5 Å². The molecule has 0 aromatic heterocycles. The maximum absolute atomic E-state index is 12.0. The molecule has 0 radical (unpaired) electrons. The second-order valence-electron chi connectivity index (χ2n) is 4.75. The van der Waals surface area contributed by atoms with Crippen molar-refractivity contribution >= 4 is 5.91 Å². The lowest BCUT2D eigenvalue weighted by Crippen LogP contribution is -2.41. The third-order valence-corrected chi connectivity index (χ3v) is 3.15. The van der Waals surface area contributed by atoms with Crippen LogP contribution in [-0.4, -0.2) is 32.8 Å². The highest BCUT2D eigenvalue weighted by molar-refractivity contribution is 5.81. The Morgan fingerprint density at radius 3 is 2.80 bits per heavy atom. The molecule has 1 rings (SSSR count). The number of hydrogen-bond donors (Lipinski definition) is 2. The molecule has 0 aliphatic carbocycles. The van der Waals surface area contributed by atoms with Crippen LogP contribution in [0.3, 0.4) is 0 Å². The summed E-state index contributed by atoms with van der Waals surface area (Å²) in [6.07, 6.45) is 1.39. The molecule has 1 aromatic carbocycles. The van der Waals surface area contributed by atoms with Crippen molar-refractivity contribution in [1.82, 2.24) is 5.32 Å². The molecule has 0 saturated carbocycles. The smallest absolute Gasteiger partial charge is 0.237 e. The number of carbonyl (C=O) groups is 1. The van der Waals surface area contributed by atoms with E-state index in [9.17, 15) is 4.79 Å². The quantitative estimate of drug-likeness (QED) is 0.710. The number of amides is 1. The van der Waals surface area contributed by atoms with E-state index in [4.69, 9.17) is 15.2 Å². The van der Waals surface area contributed by atoms with Gasteiger partial charge in [-0.05, 0) is 37.5 Å². The third-order valence-electron chi connectivity index (χ3n) is 3.15. The van der Waals surface area contributed by atoms with E-state index in [-0.39, 0.29) is 11.9 Å². The van der Waals surface area contributed by atoms with Crippen LogP contribution >= 0.6 is 0 Å². The summed E-state index contributed by atoms with van der Waals surface area (Å²) in [7, 11) is 3.25. The molecular weight excluding hydrogens is 256 g/mol. The fourth-order valence-electron chi connectivity index (χ4n) is 1.89. The Kier molecular flexibility index (Phi) is 7.04. The molecule has 5 nitrogen and oxygen atoms in total. The lowest BCUT2D eigenvalue weighted by atomic mass is 10.1. The average molecular weight is 280 g/mol. The molecule has 0 heterocycles. The molecule has 5 heteroatoms. The van der Waals surface area contributed by atoms with E-state index in [1.165, 1.54) is 0 Å². The first kappa shape index (κ1) is 16.5. The summed E-state index contributed by atoms with van der Waals surface area (Å²) in [6, 6.07) is 7.01. The number of rotatable bonds is 8. The SMILES string of the molecule is COCCCC(N)C(=O)N[C@@H](C)c1cccc(OC)c1. The topological polar surface area (TPSA) is 73.6 Å². The number of hydrogen-bond acceptors (Lipinski definition) is 4. The van der Waals surface area contributed by atoms with Gasteiger partial charge in [0, 0.05) is 13.7 Å². The van der Waals surface area contributed by atoms with Gasteiger partial charge in [-0.1, -0.05) is 12.1 Å². The van der Waals surface area contributed by atoms with E-state index in [2.05, 4.69) is 5.32 Å². The maximum atomic E-state index is 12.0. The molecular formula is C15H24N2O3. The van der Waals surface area contributed by atoms with Gasteiger partial charge in [0.25, 0.3) is 0 Å². The number of nitrogens with two attached hydrogens (primary N) is 1. The zero-order valence-electron chi connectivity index (χ0n) is 12.4. The largest absolute Gasteiger partial charge is 0.497 e. The zero-order valence-corrected chi connectivity index (χ0v) is 12.4. The number of benzene rings is 1. The molecule has 112 valence electrons. The van der Waals surface area contributed by atoms with Crippen molar-refractivity contribution in [2.45, 2.75) is 31.8 Å². The van der Waals surface area contributed by atoms with E-state index in [0.29, 0.717) is 13.0 Å². The van der Waals surface area contributed by atoms with E-state index in [1.807, 2.05) is 31.2 Å². The van der Waals surface area contributed by atoms with Gasteiger partial charge in [-0.15, -0.1) is 0 Å². The predicted octanol–water partition coefficient (Wildman–Crippen LogP) is 1.63. The van der Waals surface area contributed by atoms with Crippen LogP contribution in [0.2, 0.25) is 0 Å². The Bertz CT molecular complexity index is 423. The van der Waals surface area contributed by atoms with Crippen molar-refractivity contribution in [3.63, 3.8) is 0 Å². The molecule has 2 atom stereocenters. The molecule has 0 aliphatic heterocycles. The van der Waals surface area contributed by atoms with Gasteiger partial charge in [0.05, 0.1) is 19.2 Å². The van der Waals surface area contributed by atoms with Crippen LogP contribution < -0.4 is 15.8 Å². The maximum Gasteiger partial charge on any atom is 0.237 e. The lowest BCUT2D eigenvalue weighted by Gasteiger charge is -2.18. The van der Waals surface area contributed by atoms with Crippen molar-refractivity contribution < 1.29 is 14.3 Å². The van der Waals surface area contributed by atoms with Gasteiger partial charge in [0.1, 0.15) is 5.75 Å². The van der Waals surface area contributed by atoms with E-state index in [1.54, 1.807) is 14.2 Å². The molecule has 3 N–H and O–H groups in total. The van der Waals surface area contributed by atoms with Crippen LogP contribution in [0.4, 0.5) is 0 Å². The van der Waals surface area contributed by atoms with Crippen LogP contribution in [0.15, 0.2) is 24.3 Å². The van der Waals surface area contributed by atoms with Gasteiger partial charge in [-0.3, -0.25) is 4.79 Å². The molecule has 1 unspecified atom stereocenters. The van der Waals surface area contributed by atoms with Gasteiger partial charge in [-0.2, -0.15) is 0 Å². The molecule has 0 fully saturated rings. The van der Waals surface area contributed by atoms with Crippen LogP contribution in [0.1, 0.15) is 31.4 Å².